The summed E-state index contributed by atoms with van der Waals surface area (Å²) in [7, 11) is 0. The van der Waals surface area contributed by atoms with Crippen molar-refractivity contribution in [3.8, 4) is 0 Å². The molecule has 2 rings (SSSR count). The minimum atomic E-state index is -0.0251. The Hall–Kier alpha value is -1.15. The van der Waals surface area contributed by atoms with Crippen LogP contribution in [0.4, 0.5) is 0 Å². The number of ether oxygens (including phenoxy) is 1. The molecule has 0 radical (unpaired) electrons. The van der Waals surface area contributed by atoms with E-state index in [1.165, 1.54) is 5.56 Å². The van der Waals surface area contributed by atoms with Gasteiger partial charge in [0, 0.05) is 31.7 Å². The van der Waals surface area contributed by atoms with E-state index in [4.69, 9.17) is 9.73 Å². The van der Waals surface area contributed by atoms with Crippen LogP contribution in [0.5, 0.6) is 0 Å². The van der Waals surface area contributed by atoms with Gasteiger partial charge in [0.1, 0.15) is 0 Å². The smallest absolute Gasteiger partial charge is 0.191 e. The second kappa shape index (κ2) is 11.6. The van der Waals surface area contributed by atoms with Crippen molar-refractivity contribution < 1.29 is 9.84 Å². The molecule has 0 aromatic carbocycles. The monoisotopic (exact) mass is 396 g/mol. The standard InChI is InChI=1S/C20H36N4O2S/c1-4-21-19(23-15-20(8-10-25)9-11-26-16-20)22-13-18(24(5-2)6-3)17-7-12-27-14-17/h7,12,14,18,25H,4-6,8-11,13,15-16H2,1-3H3,(H2,21,22,23). The van der Waals surface area contributed by atoms with E-state index in [0.29, 0.717) is 19.2 Å². The minimum Gasteiger partial charge on any atom is -0.396 e. The normalized spacial score (nSPS) is 21.6. The summed E-state index contributed by atoms with van der Waals surface area (Å²) < 4.78 is 5.59. The predicted octanol–water partition coefficient (Wildman–Crippen LogP) is 2.48. The Morgan fingerprint density at radius 2 is 2.19 bits per heavy atom. The second-order valence-corrected chi connectivity index (χ2v) is 7.93. The third kappa shape index (κ3) is 6.45. The summed E-state index contributed by atoms with van der Waals surface area (Å²) in [5, 5.41) is 20.7. The van der Waals surface area contributed by atoms with Crippen LogP contribution in [0.15, 0.2) is 21.8 Å². The molecule has 0 spiro atoms. The van der Waals surface area contributed by atoms with Crippen LogP contribution in [0.2, 0.25) is 0 Å². The van der Waals surface area contributed by atoms with Crippen LogP contribution >= 0.6 is 11.3 Å². The van der Waals surface area contributed by atoms with Crippen LogP contribution in [0.3, 0.4) is 0 Å². The third-order valence-corrected chi connectivity index (χ3v) is 6.09. The van der Waals surface area contributed by atoms with Crippen molar-refractivity contribution in [2.45, 2.75) is 39.7 Å². The molecular formula is C20H36N4O2S. The van der Waals surface area contributed by atoms with Gasteiger partial charge in [-0.25, -0.2) is 0 Å². The molecule has 7 heteroatoms. The molecule has 0 saturated carbocycles. The van der Waals surface area contributed by atoms with Crippen molar-refractivity contribution in [3.05, 3.63) is 22.4 Å². The highest BCUT2D eigenvalue weighted by Crippen LogP contribution is 2.32. The van der Waals surface area contributed by atoms with Gasteiger partial charge in [-0.15, -0.1) is 0 Å². The molecule has 0 bridgehead atoms. The molecule has 1 aromatic rings. The van der Waals surface area contributed by atoms with Gasteiger partial charge in [0.05, 0.1) is 19.2 Å². The van der Waals surface area contributed by atoms with Gasteiger partial charge in [-0.05, 0) is 55.2 Å². The first-order chi connectivity index (χ1) is 13.2. The fourth-order valence-corrected chi connectivity index (χ4v) is 4.36. The molecule has 1 saturated heterocycles. The Kier molecular flexibility index (Phi) is 9.54. The zero-order valence-electron chi connectivity index (χ0n) is 17.0. The lowest BCUT2D eigenvalue weighted by Gasteiger charge is -2.30. The van der Waals surface area contributed by atoms with Crippen LogP contribution in [0.1, 0.15) is 45.2 Å². The molecule has 1 aromatic heterocycles. The number of guanidine groups is 1. The molecule has 27 heavy (non-hydrogen) atoms. The van der Waals surface area contributed by atoms with Gasteiger partial charge in [0.25, 0.3) is 0 Å². The van der Waals surface area contributed by atoms with Gasteiger partial charge in [-0.3, -0.25) is 9.89 Å². The summed E-state index contributed by atoms with van der Waals surface area (Å²) in [5.74, 6) is 0.842. The van der Waals surface area contributed by atoms with E-state index >= 15 is 0 Å². The van der Waals surface area contributed by atoms with E-state index < -0.39 is 0 Å². The van der Waals surface area contributed by atoms with Gasteiger partial charge >= 0.3 is 0 Å². The number of aliphatic imine (C=N–C) groups is 1. The third-order valence-electron chi connectivity index (χ3n) is 5.39. The van der Waals surface area contributed by atoms with Crippen LogP contribution in [0.25, 0.3) is 0 Å². The highest BCUT2D eigenvalue weighted by Gasteiger charge is 2.34. The number of aliphatic hydroxyl groups is 1. The topological polar surface area (TPSA) is 69.1 Å². The van der Waals surface area contributed by atoms with Crippen molar-refractivity contribution in [3.63, 3.8) is 0 Å². The number of thiophene rings is 1. The average Bonchev–Trinajstić information content (AvgIpc) is 3.36. The maximum absolute atomic E-state index is 9.42. The number of hydrogen-bond donors (Lipinski definition) is 3. The van der Waals surface area contributed by atoms with Gasteiger partial charge in [-0.1, -0.05) is 13.8 Å². The van der Waals surface area contributed by atoms with Crippen molar-refractivity contribution in [1.29, 1.82) is 0 Å². The van der Waals surface area contributed by atoms with Crippen molar-refractivity contribution in [2.24, 2.45) is 10.4 Å². The second-order valence-electron chi connectivity index (χ2n) is 7.15. The maximum Gasteiger partial charge on any atom is 0.191 e. The van der Waals surface area contributed by atoms with Crippen LogP contribution in [0, 0.1) is 5.41 Å². The molecular weight excluding hydrogens is 360 g/mol. The molecule has 3 N–H and O–H groups in total. The number of nitrogens with one attached hydrogen (secondary N) is 2. The van der Waals surface area contributed by atoms with E-state index in [1.807, 2.05) is 0 Å². The Labute approximate surface area is 168 Å². The molecule has 0 aliphatic carbocycles. The Morgan fingerprint density at radius 3 is 2.74 bits per heavy atom. The first kappa shape index (κ1) is 22.1. The van der Waals surface area contributed by atoms with Gasteiger partial charge < -0.3 is 20.5 Å². The van der Waals surface area contributed by atoms with E-state index in [-0.39, 0.29) is 12.0 Å². The molecule has 1 aliphatic heterocycles. The first-order valence-electron chi connectivity index (χ1n) is 10.1. The Morgan fingerprint density at radius 1 is 1.37 bits per heavy atom. The van der Waals surface area contributed by atoms with Crippen LogP contribution in [-0.4, -0.2) is 68.5 Å². The molecule has 1 aliphatic rings. The number of rotatable bonds is 11. The van der Waals surface area contributed by atoms with Crippen molar-refractivity contribution in [1.82, 2.24) is 15.5 Å². The lowest BCUT2D eigenvalue weighted by Crippen LogP contribution is -2.43. The van der Waals surface area contributed by atoms with Gasteiger partial charge in [0.15, 0.2) is 5.96 Å². The summed E-state index contributed by atoms with van der Waals surface area (Å²) in [6, 6.07) is 2.54. The van der Waals surface area contributed by atoms with Crippen molar-refractivity contribution in [2.75, 3.05) is 52.5 Å². The zero-order chi connectivity index (χ0) is 19.5. The number of aliphatic hydroxyl groups excluding tert-OH is 1. The largest absolute Gasteiger partial charge is 0.396 e. The zero-order valence-corrected chi connectivity index (χ0v) is 17.9. The summed E-state index contributed by atoms with van der Waals surface area (Å²) in [6.07, 6.45) is 1.71. The average molecular weight is 397 g/mol. The molecule has 2 unspecified atom stereocenters. The SMILES string of the molecule is CCNC(=NCC1(CCO)CCOC1)NCC(c1ccsc1)N(CC)CC. The Bertz CT molecular complexity index is 540. The summed E-state index contributed by atoms with van der Waals surface area (Å²) in [5.41, 5.74) is 1.33. The van der Waals surface area contributed by atoms with Gasteiger partial charge in [0.2, 0.25) is 0 Å². The summed E-state index contributed by atoms with van der Waals surface area (Å²) in [6.45, 7) is 12.5. The molecule has 2 heterocycles. The van der Waals surface area contributed by atoms with E-state index in [9.17, 15) is 5.11 Å². The molecule has 6 nitrogen and oxygen atoms in total. The van der Waals surface area contributed by atoms with E-state index in [2.05, 4.69) is 53.1 Å². The van der Waals surface area contributed by atoms with Crippen LogP contribution < -0.4 is 10.6 Å². The number of nitrogens with zero attached hydrogens (tertiary/aromatic N) is 2. The lowest BCUT2D eigenvalue weighted by atomic mass is 9.84. The number of likely N-dealkylation sites (N-methyl/N-ethyl adjacent to an activating group) is 1. The fourth-order valence-electron chi connectivity index (χ4n) is 3.66. The van der Waals surface area contributed by atoms with Gasteiger partial charge in [-0.2, -0.15) is 11.3 Å². The fraction of sp³-hybridized carbons (Fsp3) is 0.750. The number of hydrogen-bond acceptors (Lipinski definition) is 5. The summed E-state index contributed by atoms with van der Waals surface area (Å²) in [4.78, 5) is 7.31. The summed E-state index contributed by atoms with van der Waals surface area (Å²) >= 11 is 1.74. The molecule has 0 amide bonds. The van der Waals surface area contributed by atoms with Crippen molar-refractivity contribution >= 4 is 17.3 Å². The highest BCUT2D eigenvalue weighted by molar-refractivity contribution is 7.07. The van der Waals surface area contributed by atoms with E-state index in [0.717, 1.165) is 51.6 Å². The maximum atomic E-state index is 9.42. The Balaban J connectivity index is 2.04. The van der Waals surface area contributed by atoms with E-state index in [1.54, 1.807) is 11.3 Å². The molecule has 1 fully saturated rings. The molecule has 2 atom stereocenters. The molecule has 154 valence electrons. The predicted molar refractivity (Wildman–Crippen MR) is 114 cm³/mol. The minimum absolute atomic E-state index is 0.0251. The van der Waals surface area contributed by atoms with Crippen LogP contribution in [-0.2, 0) is 4.74 Å². The highest BCUT2D eigenvalue weighted by atomic mass is 32.1. The lowest BCUT2D eigenvalue weighted by molar-refractivity contribution is 0.131. The quantitative estimate of drug-likeness (QED) is 0.396. The first-order valence-corrected chi connectivity index (χ1v) is 11.1.